The first-order valence-electron chi connectivity index (χ1n) is 11.5. The van der Waals surface area contributed by atoms with E-state index in [1.54, 1.807) is 4.68 Å². The Morgan fingerprint density at radius 1 is 1.12 bits per heavy atom. The van der Waals surface area contributed by atoms with Crippen LogP contribution in [-0.4, -0.2) is 49.2 Å². The van der Waals surface area contributed by atoms with Crippen LogP contribution < -0.4 is 0 Å². The van der Waals surface area contributed by atoms with E-state index in [9.17, 15) is 0 Å². The number of aromatic amines is 1. The summed E-state index contributed by atoms with van der Waals surface area (Å²) in [4.78, 5) is 8.14. The summed E-state index contributed by atoms with van der Waals surface area (Å²) in [5.41, 5.74) is 4.89. The molecule has 1 N–H and O–H groups in total. The van der Waals surface area contributed by atoms with E-state index in [2.05, 4.69) is 40.4 Å². The lowest BCUT2D eigenvalue weighted by Crippen LogP contribution is -2.34. The van der Waals surface area contributed by atoms with E-state index in [0.717, 1.165) is 27.9 Å². The number of imidazole rings is 1. The van der Waals surface area contributed by atoms with E-state index in [1.807, 2.05) is 50.4 Å². The van der Waals surface area contributed by atoms with Crippen molar-refractivity contribution < 1.29 is 18.9 Å². The Morgan fingerprint density at radius 2 is 1.97 bits per heavy atom. The van der Waals surface area contributed by atoms with Crippen LogP contribution in [0.5, 0.6) is 0 Å². The molecule has 0 saturated carbocycles. The zero-order valence-electron chi connectivity index (χ0n) is 19.3. The average Bonchev–Trinajstić information content (AvgIpc) is 3.55. The summed E-state index contributed by atoms with van der Waals surface area (Å²) in [5, 5.41) is 8.52. The minimum Gasteiger partial charge on any atom is -0.366 e. The number of ether oxygens (including phenoxy) is 4. The Bertz CT molecular complexity index is 1300. The summed E-state index contributed by atoms with van der Waals surface area (Å²) in [6, 6.07) is 16.2. The topological polar surface area (TPSA) is 96.3 Å². The number of nitrogens with one attached hydrogen (secondary N) is 1. The normalized spacial score (nSPS) is 25.7. The third-order valence-electron chi connectivity index (χ3n) is 6.11. The zero-order valence-corrected chi connectivity index (χ0v) is 19.3. The van der Waals surface area contributed by atoms with Gasteiger partial charge in [0.15, 0.2) is 12.1 Å². The highest BCUT2D eigenvalue weighted by molar-refractivity contribution is 5.75. The predicted octanol–water partition coefficient (Wildman–Crippen LogP) is 3.65. The van der Waals surface area contributed by atoms with Crippen molar-refractivity contribution in [3.8, 4) is 0 Å². The van der Waals surface area contributed by atoms with Gasteiger partial charge >= 0.3 is 0 Å². The molecule has 6 rings (SSSR count). The van der Waals surface area contributed by atoms with Crippen LogP contribution in [0.1, 0.15) is 42.6 Å². The molecule has 9 nitrogen and oxygen atoms in total. The van der Waals surface area contributed by atoms with Crippen molar-refractivity contribution in [2.75, 3.05) is 0 Å². The van der Waals surface area contributed by atoms with Crippen LogP contribution in [0.25, 0.3) is 11.0 Å². The van der Waals surface area contributed by atoms with Gasteiger partial charge in [0.1, 0.15) is 29.8 Å². The molecule has 9 heteroatoms. The van der Waals surface area contributed by atoms with E-state index >= 15 is 0 Å². The van der Waals surface area contributed by atoms with Crippen LogP contribution in [0, 0.1) is 6.92 Å². The number of rotatable bonds is 6. The second-order valence-electron chi connectivity index (χ2n) is 9.34. The molecule has 0 radical (unpaired) electrons. The molecule has 176 valence electrons. The Balaban J connectivity index is 1.21. The Labute approximate surface area is 197 Å². The fraction of sp³-hybridized carbons (Fsp3) is 0.400. The number of benzene rings is 2. The SMILES string of the molecule is Cc1ccc2nc([C@H]3O[C@@H]4OC(C)(C)O[C@@H]4[C@H]3OCc3cn(Cc4ccccc4)nn3)[nH]c2c1. The van der Waals surface area contributed by atoms with Gasteiger partial charge in [0.25, 0.3) is 0 Å². The molecule has 2 aromatic heterocycles. The van der Waals surface area contributed by atoms with Crippen molar-refractivity contribution in [3.63, 3.8) is 0 Å². The standard InChI is InChI=1S/C25H27N5O4/c1-15-9-10-18-19(11-15)27-23(26-18)21-20(22-24(32-21)34-25(2,3)33-22)31-14-17-13-30(29-28-17)12-16-7-5-4-6-8-16/h4-11,13,20-22,24H,12,14H2,1-3H3,(H,26,27)/t20-,21-,22+,24+/m0/s1. The first-order valence-corrected chi connectivity index (χ1v) is 11.5. The van der Waals surface area contributed by atoms with Crippen LogP contribution in [0.15, 0.2) is 54.7 Å². The van der Waals surface area contributed by atoms with Gasteiger partial charge in [-0.25, -0.2) is 9.67 Å². The van der Waals surface area contributed by atoms with Gasteiger partial charge in [0.2, 0.25) is 0 Å². The second-order valence-corrected chi connectivity index (χ2v) is 9.34. The predicted molar refractivity (Wildman–Crippen MR) is 123 cm³/mol. The molecule has 4 aromatic rings. The smallest absolute Gasteiger partial charge is 0.190 e. The molecule has 2 aliphatic heterocycles. The highest BCUT2D eigenvalue weighted by atomic mass is 16.8. The summed E-state index contributed by atoms with van der Waals surface area (Å²) in [5.74, 6) is -0.0520. The molecule has 0 unspecified atom stereocenters. The number of hydrogen-bond acceptors (Lipinski definition) is 7. The maximum atomic E-state index is 6.34. The third-order valence-corrected chi connectivity index (χ3v) is 6.11. The van der Waals surface area contributed by atoms with Gasteiger partial charge in [-0.2, -0.15) is 0 Å². The monoisotopic (exact) mass is 461 g/mol. The number of aryl methyl sites for hydroxylation is 1. The van der Waals surface area contributed by atoms with E-state index in [-0.39, 0.29) is 12.7 Å². The van der Waals surface area contributed by atoms with Gasteiger partial charge in [-0.1, -0.05) is 41.6 Å². The van der Waals surface area contributed by atoms with Gasteiger partial charge in [-0.3, -0.25) is 0 Å². The molecule has 0 bridgehead atoms. The average molecular weight is 462 g/mol. The van der Waals surface area contributed by atoms with Gasteiger partial charge in [0, 0.05) is 0 Å². The van der Waals surface area contributed by atoms with E-state index in [0.29, 0.717) is 12.4 Å². The number of fused-ring (bicyclic) bond motifs is 2. The van der Waals surface area contributed by atoms with Crippen LogP contribution in [0.2, 0.25) is 0 Å². The fourth-order valence-corrected chi connectivity index (χ4v) is 4.59. The third kappa shape index (κ3) is 4.12. The van der Waals surface area contributed by atoms with Crippen molar-refractivity contribution in [3.05, 3.63) is 77.4 Å². The number of H-pyrrole nitrogens is 1. The summed E-state index contributed by atoms with van der Waals surface area (Å²) in [6.45, 7) is 6.72. The first kappa shape index (κ1) is 21.4. The number of aromatic nitrogens is 5. The molecule has 0 amide bonds. The lowest BCUT2D eigenvalue weighted by Gasteiger charge is -2.24. The van der Waals surface area contributed by atoms with Crippen molar-refractivity contribution in [2.45, 2.75) is 64.3 Å². The van der Waals surface area contributed by atoms with Crippen molar-refractivity contribution in [1.82, 2.24) is 25.0 Å². The molecule has 4 heterocycles. The van der Waals surface area contributed by atoms with Crippen LogP contribution >= 0.6 is 0 Å². The van der Waals surface area contributed by atoms with Gasteiger partial charge in [-0.05, 0) is 44.0 Å². The molecule has 0 spiro atoms. The lowest BCUT2D eigenvalue weighted by molar-refractivity contribution is -0.221. The maximum absolute atomic E-state index is 6.34. The van der Waals surface area contributed by atoms with Gasteiger partial charge < -0.3 is 23.9 Å². The minimum absolute atomic E-state index is 0.270. The molecule has 2 aromatic carbocycles. The molecule has 2 fully saturated rings. The second kappa shape index (κ2) is 8.28. The lowest BCUT2D eigenvalue weighted by atomic mass is 10.1. The minimum atomic E-state index is -0.744. The number of nitrogens with zero attached hydrogens (tertiary/aromatic N) is 4. The summed E-state index contributed by atoms with van der Waals surface area (Å²) < 4.78 is 26.5. The zero-order chi connectivity index (χ0) is 23.3. The summed E-state index contributed by atoms with van der Waals surface area (Å²) in [6.07, 6.45) is 0.101. The van der Waals surface area contributed by atoms with Crippen molar-refractivity contribution in [2.24, 2.45) is 0 Å². The first-order chi connectivity index (χ1) is 16.4. The molecule has 4 atom stereocenters. The Hall–Kier alpha value is -3.11. The van der Waals surface area contributed by atoms with Crippen molar-refractivity contribution in [1.29, 1.82) is 0 Å². The van der Waals surface area contributed by atoms with Crippen LogP contribution in [0.3, 0.4) is 0 Å². The van der Waals surface area contributed by atoms with E-state index in [1.165, 1.54) is 0 Å². The summed E-state index contributed by atoms with van der Waals surface area (Å²) in [7, 11) is 0. The fourth-order valence-electron chi connectivity index (χ4n) is 4.59. The molecule has 2 aliphatic rings. The summed E-state index contributed by atoms with van der Waals surface area (Å²) >= 11 is 0. The molecule has 0 aliphatic carbocycles. The molecule has 2 saturated heterocycles. The highest BCUT2D eigenvalue weighted by Gasteiger charge is 2.56. The Kier molecular flexibility index (Phi) is 5.22. The maximum Gasteiger partial charge on any atom is 0.190 e. The van der Waals surface area contributed by atoms with Crippen molar-refractivity contribution >= 4 is 11.0 Å². The number of hydrogen-bond donors (Lipinski definition) is 1. The largest absolute Gasteiger partial charge is 0.366 e. The highest BCUT2D eigenvalue weighted by Crippen LogP contribution is 2.44. The molecular weight excluding hydrogens is 434 g/mol. The van der Waals surface area contributed by atoms with Crippen LogP contribution in [-0.2, 0) is 32.1 Å². The van der Waals surface area contributed by atoms with Crippen LogP contribution in [0.4, 0.5) is 0 Å². The van der Waals surface area contributed by atoms with E-state index in [4.69, 9.17) is 23.9 Å². The quantitative estimate of drug-likeness (QED) is 0.468. The molecule has 34 heavy (non-hydrogen) atoms. The van der Waals surface area contributed by atoms with Gasteiger partial charge in [-0.15, -0.1) is 5.10 Å². The molecular formula is C25H27N5O4. The Morgan fingerprint density at radius 3 is 2.82 bits per heavy atom. The van der Waals surface area contributed by atoms with E-state index < -0.39 is 24.3 Å². The van der Waals surface area contributed by atoms with Gasteiger partial charge in [0.05, 0.1) is 30.4 Å².